The number of amides is 3. The van der Waals surface area contributed by atoms with Crippen LogP contribution < -0.4 is 44.3 Å². The van der Waals surface area contributed by atoms with Crippen LogP contribution in [0.15, 0.2) is 96.0 Å². The SMILES string of the molecule is C#C[C@](C)(CN(CCOCCOCCOC)c1cc(COc2cc3c(cc2OC)C(=O)N2c4ccccc4CC2CC=N3)cc(COc2cc3c(cc2OC)C(=O)N2c4ccccc4C[C@H]2CN3)c1)SCCCC(=O)NC(CC)(CC)C1CCCCC1. The summed E-state index contributed by atoms with van der Waals surface area (Å²) in [4.78, 5) is 53.4. The van der Waals surface area contributed by atoms with E-state index in [2.05, 4.69) is 66.5 Å². The van der Waals surface area contributed by atoms with Crippen molar-refractivity contribution < 1.29 is 47.5 Å². The topological polar surface area (TPSA) is 162 Å². The maximum Gasteiger partial charge on any atom is 0.260 e. The molecule has 16 nitrogen and oxygen atoms in total. The largest absolute Gasteiger partial charge is 0.493 e. The minimum atomic E-state index is -0.679. The lowest BCUT2D eigenvalue weighted by Gasteiger charge is -2.42. The van der Waals surface area contributed by atoms with E-state index in [1.165, 1.54) is 32.1 Å². The number of hydrogen-bond acceptors (Lipinski definition) is 14. The number of hydrogen-bond donors (Lipinski definition) is 2. The number of benzene rings is 5. The van der Waals surface area contributed by atoms with Crippen molar-refractivity contribution in [1.82, 2.24) is 5.32 Å². The number of thioether (sulfide) groups is 1. The molecule has 1 saturated carbocycles. The summed E-state index contributed by atoms with van der Waals surface area (Å²) in [6, 6.07) is 29.5. The molecule has 5 aromatic carbocycles. The number of ether oxygens (including phenoxy) is 7. The van der Waals surface area contributed by atoms with Gasteiger partial charge in [0.05, 0.1) is 80.5 Å². The van der Waals surface area contributed by atoms with Crippen LogP contribution >= 0.6 is 11.8 Å². The number of methoxy groups -OCH3 is 3. The number of nitrogens with one attached hydrogen (secondary N) is 2. The molecule has 4 heterocycles. The van der Waals surface area contributed by atoms with Crippen LogP contribution in [0, 0.1) is 18.3 Å². The van der Waals surface area contributed by atoms with Gasteiger partial charge in [-0.25, -0.2) is 0 Å². The Bertz CT molecular complexity index is 3300. The second-order valence-electron chi connectivity index (χ2n) is 23.6. The quantitative estimate of drug-likeness (QED) is 0.0344. The Balaban J connectivity index is 0.927. The first-order chi connectivity index (χ1) is 42.4. The number of carbonyl (C=O) groups is 3. The average molecular weight is 1200 g/mol. The predicted molar refractivity (Wildman–Crippen MR) is 347 cm³/mol. The molecule has 17 heteroatoms. The first-order valence-electron chi connectivity index (χ1n) is 31.1. The first-order valence-corrected chi connectivity index (χ1v) is 32.1. The van der Waals surface area contributed by atoms with Gasteiger partial charge in [0.15, 0.2) is 23.0 Å². The van der Waals surface area contributed by atoms with Gasteiger partial charge in [0.25, 0.3) is 11.8 Å². The van der Waals surface area contributed by atoms with Gasteiger partial charge in [-0.05, 0) is 128 Å². The van der Waals surface area contributed by atoms with Crippen LogP contribution in [0.25, 0.3) is 0 Å². The van der Waals surface area contributed by atoms with Crippen LogP contribution in [0.5, 0.6) is 23.0 Å². The van der Waals surface area contributed by atoms with Gasteiger partial charge < -0.3 is 58.5 Å². The molecule has 10 rings (SSSR count). The van der Waals surface area contributed by atoms with Crippen LogP contribution in [0.2, 0.25) is 0 Å². The molecule has 87 heavy (non-hydrogen) atoms. The number of anilines is 4. The lowest BCUT2D eigenvalue weighted by Crippen LogP contribution is -2.53. The normalized spacial score (nSPS) is 17.6. The Hall–Kier alpha value is -7.23. The maximum absolute atomic E-state index is 14.5. The zero-order valence-electron chi connectivity index (χ0n) is 51.6. The molecule has 2 N–H and O–H groups in total. The van der Waals surface area contributed by atoms with Crippen molar-refractivity contribution in [2.75, 3.05) is 99.8 Å². The highest BCUT2D eigenvalue weighted by Gasteiger charge is 2.40. The highest BCUT2D eigenvalue weighted by molar-refractivity contribution is 8.00. The van der Waals surface area contributed by atoms with Crippen molar-refractivity contribution in [2.24, 2.45) is 10.9 Å². The molecule has 4 aliphatic heterocycles. The van der Waals surface area contributed by atoms with E-state index in [9.17, 15) is 14.4 Å². The second kappa shape index (κ2) is 29.2. The standard InChI is InChI=1S/C70H86N6O10S/c1-8-69(4,87-34-18-25-66(77)73-70(9-2,10-3)52-21-12-11-13-22-52)47-74(28-29-83-32-33-84-31-30-80-5)54-36-48(45-85-64-42-58-56(40-62(64)81-6)67(78)75-53(26-27-71-58)38-50-19-14-16-23-60(50)75)35-49(37-54)46-86-65-43-59-57(41-63(65)82-7)68(79)76-55(44-72-59)39-51-20-15-17-24-61(51)76/h1,14-17,19-20,23-24,27,35-37,40-43,52-53,55,72H,9-13,18,21-22,25-26,28-34,38-39,44-47H2,2-7H3,(H,73,77)/t53?,55-,69+/m0/s1. The smallest absolute Gasteiger partial charge is 0.260 e. The maximum atomic E-state index is 14.5. The fourth-order valence-corrected chi connectivity index (χ4v) is 14.4. The first kappa shape index (κ1) is 62.8. The molecule has 5 aromatic rings. The lowest BCUT2D eigenvalue weighted by atomic mass is 9.71. The van der Waals surface area contributed by atoms with Crippen molar-refractivity contribution in [3.05, 3.63) is 124 Å². The Kier molecular flexibility index (Phi) is 21.1. The summed E-state index contributed by atoms with van der Waals surface area (Å²) in [5.41, 5.74) is 8.57. The lowest BCUT2D eigenvalue weighted by molar-refractivity contribution is -0.124. The van der Waals surface area contributed by atoms with E-state index in [0.29, 0.717) is 129 Å². The molecule has 0 saturated heterocycles. The van der Waals surface area contributed by atoms with E-state index >= 15 is 0 Å². The Morgan fingerprint density at radius 2 is 1.37 bits per heavy atom. The molecule has 3 atom stereocenters. The third kappa shape index (κ3) is 14.5. The average Bonchev–Trinajstić information content (AvgIpc) is 1.85. The highest BCUT2D eigenvalue weighted by atomic mass is 32.2. The molecule has 1 unspecified atom stereocenters. The van der Waals surface area contributed by atoms with Gasteiger partial charge in [-0.2, -0.15) is 0 Å². The van der Waals surface area contributed by atoms with Gasteiger partial charge in [0.2, 0.25) is 5.91 Å². The fourth-order valence-electron chi connectivity index (χ4n) is 13.3. The van der Waals surface area contributed by atoms with Crippen LogP contribution in [-0.4, -0.2) is 126 Å². The minimum absolute atomic E-state index is 0.0334. The van der Waals surface area contributed by atoms with Crippen molar-refractivity contribution in [1.29, 1.82) is 0 Å². The number of terminal acetylenes is 1. The van der Waals surface area contributed by atoms with E-state index in [0.717, 1.165) is 65.0 Å². The van der Waals surface area contributed by atoms with Crippen molar-refractivity contribution in [3.8, 4) is 35.3 Å². The van der Waals surface area contributed by atoms with Crippen LogP contribution in [0.4, 0.5) is 28.4 Å². The zero-order chi connectivity index (χ0) is 60.9. The summed E-state index contributed by atoms with van der Waals surface area (Å²) in [6.45, 7) is 10.4. The summed E-state index contributed by atoms with van der Waals surface area (Å²) in [7, 11) is 4.80. The molecule has 1 fully saturated rings. The summed E-state index contributed by atoms with van der Waals surface area (Å²) in [6.07, 6.45) is 19.6. The van der Waals surface area contributed by atoms with E-state index in [4.69, 9.17) is 44.6 Å². The molecular weight excluding hydrogens is 1120 g/mol. The Morgan fingerprint density at radius 1 is 0.759 bits per heavy atom. The number of para-hydroxylation sites is 2. The van der Waals surface area contributed by atoms with Crippen LogP contribution in [0.1, 0.15) is 128 Å². The van der Waals surface area contributed by atoms with Gasteiger partial charge in [-0.1, -0.05) is 75.4 Å². The van der Waals surface area contributed by atoms with Gasteiger partial charge in [-0.3, -0.25) is 19.4 Å². The highest BCUT2D eigenvalue weighted by Crippen LogP contribution is 2.44. The molecular formula is C70H86N6O10S. The molecule has 3 amide bonds. The van der Waals surface area contributed by atoms with Crippen molar-refractivity contribution >= 4 is 64.1 Å². The molecule has 462 valence electrons. The van der Waals surface area contributed by atoms with Gasteiger partial charge in [0, 0.05) is 86.6 Å². The van der Waals surface area contributed by atoms with E-state index < -0.39 is 4.75 Å². The summed E-state index contributed by atoms with van der Waals surface area (Å²) in [5.74, 6) is 5.96. The third-order valence-corrected chi connectivity index (χ3v) is 19.4. The van der Waals surface area contributed by atoms with Gasteiger partial charge in [0.1, 0.15) is 13.2 Å². The monoisotopic (exact) mass is 1200 g/mol. The van der Waals surface area contributed by atoms with Crippen LogP contribution in [0.3, 0.4) is 0 Å². The number of fused-ring (bicyclic) bond motifs is 8. The summed E-state index contributed by atoms with van der Waals surface area (Å²) < 4.78 is 41.8. The number of nitrogens with zero attached hydrogens (tertiary/aromatic N) is 4. The van der Waals surface area contributed by atoms with Crippen molar-refractivity contribution in [2.45, 2.75) is 133 Å². The molecule has 0 radical (unpaired) electrons. The third-order valence-electron chi connectivity index (χ3n) is 18.1. The number of rotatable bonds is 29. The molecule has 0 aromatic heterocycles. The summed E-state index contributed by atoms with van der Waals surface area (Å²) >= 11 is 1.68. The van der Waals surface area contributed by atoms with Crippen LogP contribution in [-0.2, 0) is 45.1 Å². The second-order valence-corrected chi connectivity index (χ2v) is 25.2. The van der Waals surface area contributed by atoms with E-state index in [1.807, 2.05) is 64.5 Å². The zero-order valence-corrected chi connectivity index (χ0v) is 52.4. The predicted octanol–water partition coefficient (Wildman–Crippen LogP) is 12.2. The molecule has 0 bridgehead atoms. The molecule has 1 aliphatic carbocycles. The van der Waals surface area contributed by atoms with Gasteiger partial charge in [-0.15, -0.1) is 18.2 Å². The Labute approximate surface area is 518 Å². The number of aliphatic imine (C=N–C) groups is 1. The minimum Gasteiger partial charge on any atom is -0.493 e. The summed E-state index contributed by atoms with van der Waals surface area (Å²) in [5, 5.41) is 7.10. The molecule has 0 spiro atoms. The van der Waals surface area contributed by atoms with E-state index in [1.54, 1.807) is 51.3 Å². The van der Waals surface area contributed by atoms with Gasteiger partial charge >= 0.3 is 0 Å². The molecule has 5 aliphatic rings. The Morgan fingerprint density at radius 3 is 2.02 bits per heavy atom. The number of carbonyl (C=O) groups excluding carboxylic acids is 3. The van der Waals surface area contributed by atoms with E-state index in [-0.39, 0.29) is 48.6 Å². The fraction of sp³-hybridized carbons (Fsp3) is 0.486. The van der Waals surface area contributed by atoms with Crippen molar-refractivity contribution in [3.63, 3.8) is 0 Å².